The number of hydrogen-bond donors (Lipinski definition) is 2. The molecule has 0 radical (unpaired) electrons. The Kier molecular flexibility index (Phi) is 8.61. The lowest BCUT2D eigenvalue weighted by molar-refractivity contribution is 0.0905. The van der Waals surface area contributed by atoms with E-state index < -0.39 is 11.7 Å². The Balaban J connectivity index is 2.82. The molecule has 0 bridgehead atoms. The molecule has 0 saturated heterocycles. The van der Waals surface area contributed by atoms with Crippen LogP contribution in [0.1, 0.15) is 68.5 Å². The lowest BCUT2D eigenvalue weighted by atomic mass is 9.93. The van der Waals surface area contributed by atoms with Crippen molar-refractivity contribution in [3.8, 4) is 5.75 Å². The highest BCUT2D eigenvalue weighted by Gasteiger charge is 2.25. The zero-order chi connectivity index (χ0) is 19.7. The zero-order valence-corrected chi connectivity index (χ0v) is 15.7. The molecule has 1 atom stereocenters. The van der Waals surface area contributed by atoms with Crippen LogP contribution in [0.5, 0.6) is 5.75 Å². The zero-order valence-electron chi connectivity index (χ0n) is 15.7. The fourth-order valence-corrected chi connectivity index (χ4v) is 2.59. The van der Waals surface area contributed by atoms with Gasteiger partial charge in [0.05, 0.1) is 7.11 Å². The number of carbonyl (C=O) groups is 2. The van der Waals surface area contributed by atoms with Gasteiger partial charge in [0.2, 0.25) is 0 Å². The van der Waals surface area contributed by atoms with Crippen LogP contribution in [-0.2, 0) is 4.74 Å². The lowest BCUT2D eigenvalue weighted by Crippen LogP contribution is -2.22. The Morgan fingerprint density at radius 3 is 2.54 bits per heavy atom. The molecule has 7 nitrogen and oxygen atoms in total. The topological polar surface area (TPSA) is 106 Å². The first kappa shape index (κ1) is 21.5. The third kappa shape index (κ3) is 5.75. The smallest absolute Gasteiger partial charge is 0.410 e. The predicted molar refractivity (Wildman–Crippen MR) is 97.4 cm³/mol. The van der Waals surface area contributed by atoms with Crippen molar-refractivity contribution in [1.29, 1.82) is 0 Å². The first-order chi connectivity index (χ1) is 12.3. The summed E-state index contributed by atoms with van der Waals surface area (Å²) >= 11 is 0. The summed E-state index contributed by atoms with van der Waals surface area (Å²) in [7, 11) is 1.28. The third-order valence-electron chi connectivity index (χ3n) is 4.31. The van der Waals surface area contributed by atoms with Crippen molar-refractivity contribution >= 4 is 11.9 Å². The summed E-state index contributed by atoms with van der Waals surface area (Å²) < 4.78 is 9.70. The van der Waals surface area contributed by atoms with Gasteiger partial charge in [-0.15, -0.1) is 0 Å². The molecule has 0 aliphatic rings. The van der Waals surface area contributed by atoms with E-state index in [1.165, 1.54) is 19.4 Å². The van der Waals surface area contributed by atoms with E-state index in [4.69, 9.17) is 4.42 Å². The van der Waals surface area contributed by atoms with Crippen LogP contribution in [0.3, 0.4) is 0 Å². The average Bonchev–Trinajstić information content (AvgIpc) is 2.61. The second kappa shape index (κ2) is 10.4. The van der Waals surface area contributed by atoms with E-state index in [1.807, 2.05) is 20.8 Å². The maximum Gasteiger partial charge on any atom is 0.410 e. The summed E-state index contributed by atoms with van der Waals surface area (Å²) in [5, 5.41) is 12.6. The Morgan fingerprint density at radius 1 is 1.35 bits per heavy atom. The second-order valence-corrected chi connectivity index (χ2v) is 6.09. The molecule has 0 fully saturated rings. The summed E-state index contributed by atoms with van der Waals surface area (Å²) in [6, 6.07) is 1.35. The van der Waals surface area contributed by atoms with Crippen LogP contribution < -0.4 is 10.9 Å². The highest BCUT2D eigenvalue weighted by Crippen LogP contribution is 2.27. The third-order valence-corrected chi connectivity index (χ3v) is 4.31. The summed E-state index contributed by atoms with van der Waals surface area (Å²) in [5.41, 5.74) is -1.07. The SMILES string of the molecule is CCC(CC)C(=O)c1c(O)cc(C(C)CC/C=C/NC(=O)OC)oc1=O. The molecule has 0 aliphatic carbocycles. The second-order valence-electron chi connectivity index (χ2n) is 6.09. The molecule has 2 N–H and O–H groups in total. The van der Waals surface area contributed by atoms with Crippen molar-refractivity contribution in [3.63, 3.8) is 0 Å². The van der Waals surface area contributed by atoms with Crippen LogP contribution in [-0.4, -0.2) is 24.1 Å². The molecule has 1 unspecified atom stereocenters. The molecule has 0 aliphatic heterocycles. The fourth-order valence-electron chi connectivity index (χ4n) is 2.59. The van der Waals surface area contributed by atoms with Gasteiger partial charge in [-0.25, -0.2) is 9.59 Å². The van der Waals surface area contributed by atoms with E-state index in [9.17, 15) is 19.5 Å². The van der Waals surface area contributed by atoms with Gasteiger partial charge >= 0.3 is 11.7 Å². The van der Waals surface area contributed by atoms with Crippen LogP contribution in [0, 0.1) is 5.92 Å². The largest absolute Gasteiger partial charge is 0.507 e. The maximum absolute atomic E-state index is 12.4. The number of aromatic hydroxyl groups is 1. The Morgan fingerprint density at radius 2 is 2.00 bits per heavy atom. The van der Waals surface area contributed by atoms with E-state index in [2.05, 4.69) is 10.1 Å². The van der Waals surface area contributed by atoms with Crippen molar-refractivity contribution in [2.24, 2.45) is 5.92 Å². The van der Waals surface area contributed by atoms with Gasteiger partial charge < -0.3 is 14.3 Å². The van der Waals surface area contributed by atoms with Gasteiger partial charge in [-0.05, 0) is 25.7 Å². The molecule has 1 amide bonds. The highest BCUT2D eigenvalue weighted by molar-refractivity contribution is 5.99. The predicted octanol–water partition coefficient (Wildman–Crippen LogP) is 3.72. The summed E-state index contributed by atoms with van der Waals surface area (Å²) in [6.45, 7) is 5.58. The number of amides is 1. The van der Waals surface area contributed by atoms with Crippen molar-refractivity contribution < 1.29 is 23.8 Å². The summed E-state index contributed by atoms with van der Waals surface area (Å²) in [4.78, 5) is 35.5. The number of ketones is 1. The first-order valence-electron chi connectivity index (χ1n) is 8.76. The number of allylic oxidation sites excluding steroid dienone is 1. The summed E-state index contributed by atoms with van der Waals surface area (Å²) in [6.07, 6.45) is 5.10. The van der Waals surface area contributed by atoms with Crippen LogP contribution in [0.4, 0.5) is 4.79 Å². The first-order valence-corrected chi connectivity index (χ1v) is 8.76. The van der Waals surface area contributed by atoms with Gasteiger partial charge in [-0.2, -0.15) is 0 Å². The molecule has 26 heavy (non-hydrogen) atoms. The van der Waals surface area contributed by atoms with Gasteiger partial charge in [0, 0.05) is 24.1 Å². The van der Waals surface area contributed by atoms with Gasteiger partial charge in [0.1, 0.15) is 17.1 Å². The highest BCUT2D eigenvalue weighted by atomic mass is 16.5. The van der Waals surface area contributed by atoms with Gasteiger partial charge in [0.25, 0.3) is 0 Å². The molecule has 1 aromatic heterocycles. The normalized spacial score (nSPS) is 12.3. The summed E-state index contributed by atoms with van der Waals surface area (Å²) in [5.74, 6) is -0.837. The Hall–Kier alpha value is -2.57. The van der Waals surface area contributed by atoms with Crippen molar-refractivity contribution in [2.75, 3.05) is 7.11 Å². The van der Waals surface area contributed by atoms with E-state index >= 15 is 0 Å². The minimum Gasteiger partial charge on any atom is -0.507 e. The standard InChI is InChI=1S/C19H27NO6/c1-5-13(6-2)17(22)16-14(21)11-15(26-18(16)23)12(3)9-7-8-10-20-19(24)25-4/h8,10-13,21H,5-7,9H2,1-4H3,(H,20,24)/b10-8+. The molecule has 1 aromatic rings. The number of rotatable bonds is 9. The maximum atomic E-state index is 12.4. The molecule has 7 heteroatoms. The number of carbonyl (C=O) groups excluding carboxylic acids is 2. The number of ether oxygens (including phenoxy) is 1. The van der Waals surface area contributed by atoms with Gasteiger partial charge in [-0.1, -0.05) is 26.8 Å². The number of methoxy groups -OCH3 is 1. The minimum absolute atomic E-state index is 0.145. The Labute approximate surface area is 153 Å². The molecule has 0 spiro atoms. The lowest BCUT2D eigenvalue weighted by Gasteiger charge is -2.13. The number of alkyl carbamates (subject to hydrolysis) is 1. The molecular weight excluding hydrogens is 338 g/mol. The van der Waals surface area contributed by atoms with Crippen molar-refractivity contribution in [3.05, 3.63) is 40.1 Å². The van der Waals surface area contributed by atoms with E-state index in [-0.39, 0.29) is 28.9 Å². The molecular formula is C19H27NO6. The molecule has 1 heterocycles. The number of Topliss-reactive ketones (excluding diaryl/α,β-unsaturated/α-hetero) is 1. The van der Waals surface area contributed by atoms with Crippen LogP contribution >= 0.6 is 0 Å². The van der Waals surface area contributed by atoms with Crippen molar-refractivity contribution in [1.82, 2.24) is 5.32 Å². The van der Waals surface area contributed by atoms with E-state index in [0.717, 1.165) is 0 Å². The molecule has 0 aromatic carbocycles. The molecule has 0 saturated carbocycles. The van der Waals surface area contributed by atoms with Crippen molar-refractivity contribution in [2.45, 2.75) is 52.4 Å². The number of hydrogen-bond acceptors (Lipinski definition) is 6. The van der Waals surface area contributed by atoms with Gasteiger partial charge in [0.15, 0.2) is 5.78 Å². The van der Waals surface area contributed by atoms with Crippen LogP contribution in [0.2, 0.25) is 0 Å². The Bertz CT molecular complexity index is 702. The monoisotopic (exact) mass is 365 g/mol. The fraction of sp³-hybridized carbons (Fsp3) is 0.526. The quantitative estimate of drug-likeness (QED) is 0.646. The van der Waals surface area contributed by atoms with E-state index in [0.29, 0.717) is 31.4 Å². The van der Waals surface area contributed by atoms with Crippen LogP contribution in [0.25, 0.3) is 0 Å². The molecule has 144 valence electrons. The average molecular weight is 365 g/mol. The van der Waals surface area contributed by atoms with Gasteiger partial charge in [-0.3, -0.25) is 10.1 Å². The minimum atomic E-state index is -0.799. The van der Waals surface area contributed by atoms with E-state index in [1.54, 1.807) is 6.08 Å². The van der Waals surface area contributed by atoms with Crippen LogP contribution in [0.15, 0.2) is 27.6 Å². The number of nitrogens with one attached hydrogen (secondary N) is 1. The molecule has 1 rings (SSSR count).